The average Bonchev–Trinajstić information content (AvgIpc) is 3.63. The van der Waals surface area contributed by atoms with Gasteiger partial charge in [-0.25, -0.2) is 9.97 Å². The van der Waals surface area contributed by atoms with E-state index in [1.165, 1.54) is 11.3 Å². The molecular weight excluding hydrogens is 456 g/mol. The van der Waals surface area contributed by atoms with Crippen LogP contribution in [0.1, 0.15) is 33.7 Å². The molecule has 0 fully saturated rings. The number of H-pyrrole nitrogens is 2. The topological polar surface area (TPSA) is 129 Å². The van der Waals surface area contributed by atoms with Crippen LogP contribution >= 0.6 is 0 Å². The number of ether oxygens (including phenoxy) is 1. The van der Waals surface area contributed by atoms with E-state index in [0.717, 1.165) is 36.1 Å². The van der Waals surface area contributed by atoms with Crippen LogP contribution in [0, 0.1) is 0 Å². The van der Waals surface area contributed by atoms with E-state index in [1.54, 1.807) is 43.6 Å². The number of nitrogens with one attached hydrogen (secondary N) is 3. The molecule has 9 heteroatoms. The lowest BCUT2D eigenvalue weighted by atomic mass is 10.0. The third kappa shape index (κ3) is 3.84. The summed E-state index contributed by atoms with van der Waals surface area (Å²) in [6.07, 6.45) is 4.81. The molecule has 1 aliphatic rings. The van der Waals surface area contributed by atoms with Crippen molar-refractivity contribution in [1.82, 2.24) is 30.5 Å². The minimum absolute atomic E-state index is 0.0881. The maximum Gasteiger partial charge on any atom is 0.251 e. The van der Waals surface area contributed by atoms with Crippen LogP contribution < -0.4 is 10.1 Å². The molecule has 9 nitrogen and oxygen atoms in total. The van der Waals surface area contributed by atoms with Crippen molar-refractivity contribution in [2.75, 3.05) is 7.11 Å². The fourth-order valence-corrected chi connectivity index (χ4v) is 4.75. The standard InChI is InChI=1S/C27H24N6O3/c1-36-27-17(5-3-11-28-27)15-8-10-24(34)19(12-15)25-30-21-9-7-16(13-22(21)31-25)26(35)29-14-23-18-4-2-6-20(18)32-33-23/h3,5,7-13,34H,2,4,6,14H2,1H3,(H,29,35)(H,30,31)(H,32,33). The average molecular weight is 481 g/mol. The molecule has 0 unspecified atom stereocenters. The Kier molecular flexibility index (Phi) is 5.37. The van der Waals surface area contributed by atoms with Crippen LogP contribution in [0.3, 0.4) is 0 Å². The summed E-state index contributed by atoms with van der Waals surface area (Å²) in [5, 5.41) is 21.0. The van der Waals surface area contributed by atoms with E-state index in [1.807, 2.05) is 18.2 Å². The predicted octanol–water partition coefficient (Wildman–Crippen LogP) is 4.15. The highest BCUT2D eigenvalue weighted by Gasteiger charge is 2.19. The summed E-state index contributed by atoms with van der Waals surface area (Å²) in [6, 6.07) is 14.3. The maximum absolute atomic E-state index is 12.8. The van der Waals surface area contributed by atoms with Crippen molar-refractivity contribution in [1.29, 1.82) is 0 Å². The van der Waals surface area contributed by atoms with E-state index >= 15 is 0 Å². The number of phenolic OH excluding ortho intramolecular Hbond substituents is 1. The Morgan fingerprint density at radius 1 is 1.14 bits per heavy atom. The molecule has 36 heavy (non-hydrogen) atoms. The second-order valence-electron chi connectivity index (χ2n) is 8.77. The Hall–Kier alpha value is -4.66. The van der Waals surface area contributed by atoms with Crippen molar-refractivity contribution in [2.45, 2.75) is 25.8 Å². The lowest BCUT2D eigenvalue weighted by molar-refractivity contribution is 0.0950. The summed E-state index contributed by atoms with van der Waals surface area (Å²) in [7, 11) is 1.57. The lowest BCUT2D eigenvalue weighted by Crippen LogP contribution is -2.23. The Morgan fingerprint density at radius 2 is 2.06 bits per heavy atom. The summed E-state index contributed by atoms with van der Waals surface area (Å²) in [5.41, 5.74) is 7.39. The van der Waals surface area contributed by atoms with Crippen molar-refractivity contribution in [3.05, 3.63) is 77.2 Å². The molecule has 0 saturated carbocycles. The molecule has 0 radical (unpaired) electrons. The first-order valence-electron chi connectivity index (χ1n) is 11.8. The van der Waals surface area contributed by atoms with E-state index in [4.69, 9.17) is 4.74 Å². The zero-order valence-electron chi connectivity index (χ0n) is 19.6. The highest BCUT2D eigenvalue weighted by molar-refractivity contribution is 5.97. The van der Waals surface area contributed by atoms with Gasteiger partial charge in [0.2, 0.25) is 5.88 Å². The molecular formula is C27H24N6O3. The normalized spacial score (nSPS) is 12.6. The van der Waals surface area contributed by atoms with Crippen LogP contribution in [0.5, 0.6) is 11.6 Å². The van der Waals surface area contributed by atoms with E-state index in [9.17, 15) is 9.90 Å². The molecule has 1 amide bonds. The summed E-state index contributed by atoms with van der Waals surface area (Å²) in [4.78, 5) is 25.0. The molecule has 0 bridgehead atoms. The largest absolute Gasteiger partial charge is 0.507 e. The van der Waals surface area contributed by atoms with Crippen molar-refractivity contribution in [2.24, 2.45) is 0 Å². The van der Waals surface area contributed by atoms with Crippen LogP contribution in [0.4, 0.5) is 0 Å². The number of hydrogen-bond acceptors (Lipinski definition) is 6. The highest BCUT2D eigenvalue weighted by Crippen LogP contribution is 2.35. The molecule has 3 heterocycles. The van der Waals surface area contributed by atoms with Crippen molar-refractivity contribution in [3.8, 4) is 34.1 Å². The van der Waals surface area contributed by atoms with Gasteiger partial charge in [0.25, 0.3) is 5.91 Å². The number of phenols is 1. The number of carbonyl (C=O) groups excluding carboxylic acids is 1. The number of imidazole rings is 1. The minimum atomic E-state index is -0.184. The number of carbonyl (C=O) groups is 1. The quantitative estimate of drug-likeness (QED) is 0.289. The molecule has 6 rings (SSSR count). The number of fused-ring (bicyclic) bond motifs is 2. The Balaban J connectivity index is 1.27. The van der Waals surface area contributed by atoms with Gasteiger partial charge in [0.1, 0.15) is 11.6 Å². The maximum atomic E-state index is 12.8. The van der Waals surface area contributed by atoms with Gasteiger partial charge in [0, 0.05) is 23.0 Å². The molecule has 0 aliphatic heterocycles. The molecule has 5 aromatic rings. The monoisotopic (exact) mass is 480 g/mol. The van der Waals surface area contributed by atoms with Crippen LogP contribution in [0.25, 0.3) is 33.5 Å². The van der Waals surface area contributed by atoms with Gasteiger partial charge in [-0.1, -0.05) is 6.07 Å². The third-order valence-electron chi connectivity index (χ3n) is 6.58. The van der Waals surface area contributed by atoms with Gasteiger partial charge >= 0.3 is 0 Å². The first-order chi connectivity index (χ1) is 17.6. The number of amides is 1. The van der Waals surface area contributed by atoms with Crippen LogP contribution in [0.2, 0.25) is 0 Å². The van der Waals surface area contributed by atoms with Gasteiger partial charge in [-0.15, -0.1) is 0 Å². The zero-order chi connectivity index (χ0) is 24.6. The van der Waals surface area contributed by atoms with Crippen LogP contribution in [0.15, 0.2) is 54.7 Å². The Labute approximate surface area is 206 Å². The number of aryl methyl sites for hydroxylation is 1. The fourth-order valence-electron chi connectivity index (χ4n) is 4.75. The number of pyridine rings is 1. The molecule has 1 aliphatic carbocycles. The van der Waals surface area contributed by atoms with Crippen molar-refractivity contribution < 1.29 is 14.6 Å². The van der Waals surface area contributed by atoms with Gasteiger partial charge in [-0.05, 0) is 72.9 Å². The second kappa shape index (κ2) is 8.84. The first-order valence-corrected chi connectivity index (χ1v) is 11.8. The highest BCUT2D eigenvalue weighted by atomic mass is 16.5. The van der Waals surface area contributed by atoms with Gasteiger partial charge in [0.15, 0.2) is 0 Å². The fraction of sp³-hybridized carbons (Fsp3) is 0.185. The van der Waals surface area contributed by atoms with E-state index in [2.05, 4.69) is 30.5 Å². The van der Waals surface area contributed by atoms with E-state index in [0.29, 0.717) is 40.4 Å². The first kappa shape index (κ1) is 21.8. The number of aromatic nitrogens is 5. The number of rotatable bonds is 6. The molecule has 3 aromatic heterocycles. The summed E-state index contributed by atoms with van der Waals surface area (Å²) in [6.45, 7) is 0.384. The summed E-state index contributed by atoms with van der Waals surface area (Å²) in [5.74, 6) is 0.896. The van der Waals surface area contributed by atoms with Crippen molar-refractivity contribution >= 4 is 16.9 Å². The van der Waals surface area contributed by atoms with Crippen molar-refractivity contribution in [3.63, 3.8) is 0 Å². The molecule has 2 aromatic carbocycles. The molecule has 4 N–H and O–H groups in total. The number of benzene rings is 2. The molecule has 0 atom stereocenters. The number of aromatic hydroxyl groups is 1. The SMILES string of the molecule is COc1ncccc1-c1ccc(O)c(-c2nc3ccc(C(=O)NCc4n[nH]c5c4CCC5)cc3[nH]2)c1. The van der Waals surface area contributed by atoms with Gasteiger partial charge in [0.05, 0.1) is 35.9 Å². The van der Waals surface area contributed by atoms with E-state index < -0.39 is 0 Å². The summed E-state index contributed by atoms with van der Waals surface area (Å²) >= 11 is 0. The predicted molar refractivity (Wildman–Crippen MR) is 135 cm³/mol. The van der Waals surface area contributed by atoms with Gasteiger partial charge < -0.3 is 20.1 Å². The third-order valence-corrected chi connectivity index (χ3v) is 6.58. The number of methoxy groups -OCH3 is 1. The summed E-state index contributed by atoms with van der Waals surface area (Å²) < 4.78 is 5.38. The van der Waals surface area contributed by atoms with Gasteiger partial charge in [-0.3, -0.25) is 9.89 Å². The number of aromatic amines is 2. The number of hydrogen-bond donors (Lipinski definition) is 4. The number of nitrogens with zero attached hydrogens (tertiary/aromatic N) is 3. The minimum Gasteiger partial charge on any atom is -0.507 e. The zero-order valence-corrected chi connectivity index (χ0v) is 19.6. The van der Waals surface area contributed by atoms with Crippen LogP contribution in [-0.2, 0) is 19.4 Å². The molecule has 180 valence electrons. The molecule has 0 spiro atoms. The van der Waals surface area contributed by atoms with Crippen LogP contribution in [-0.4, -0.2) is 43.3 Å². The van der Waals surface area contributed by atoms with E-state index in [-0.39, 0.29) is 11.7 Å². The van der Waals surface area contributed by atoms with Gasteiger partial charge in [-0.2, -0.15) is 5.10 Å². The molecule has 0 saturated heterocycles. The second-order valence-corrected chi connectivity index (χ2v) is 8.77. The smallest absolute Gasteiger partial charge is 0.251 e. The Morgan fingerprint density at radius 3 is 2.94 bits per heavy atom. The Bertz CT molecular complexity index is 1600. The lowest BCUT2D eigenvalue weighted by Gasteiger charge is -2.09.